The summed E-state index contributed by atoms with van der Waals surface area (Å²) in [5.41, 5.74) is 0. The molecule has 30 heavy (non-hydrogen) atoms. The van der Waals surface area contributed by atoms with E-state index < -0.39 is 15.9 Å². The summed E-state index contributed by atoms with van der Waals surface area (Å²) in [4.78, 5) is 27.0. The van der Waals surface area contributed by atoms with E-state index in [0.717, 1.165) is 43.2 Å². The summed E-state index contributed by atoms with van der Waals surface area (Å²) in [6.45, 7) is 3.34. The van der Waals surface area contributed by atoms with Crippen molar-refractivity contribution in [3.63, 3.8) is 0 Å². The topological polar surface area (TPSA) is 113 Å². The zero-order valence-electron chi connectivity index (χ0n) is 17.6. The average molecular weight is 461 g/mol. The molecule has 0 bridgehead atoms. The predicted octanol–water partition coefficient (Wildman–Crippen LogP) is 2.28. The van der Waals surface area contributed by atoms with E-state index in [1.165, 1.54) is 11.3 Å². The first-order valence-electron chi connectivity index (χ1n) is 10.4. The lowest BCUT2D eigenvalue weighted by atomic mass is 10.1. The van der Waals surface area contributed by atoms with Gasteiger partial charge in [0.1, 0.15) is 0 Å². The van der Waals surface area contributed by atoms with Crippen molar-refractivity contribution in [2.45, 2.75) is 70.6 Å². The molecule has 1 aromatic heterocycles. The van der Waals surface area contributed by atoms with Gasteiger partial charge in [-0.05, 0) is 31.4 Å². The fourth-order valence-electron chi connectivity index (χ4n) is 3.43. The molecule has 1 aliphatic heterocycles. The minimum Gasteiger partial charge on any atom is -0.393 e. The van der Waals surface area contributed by atoms with Gasteiger partial charge >= 0.3 is 0 Å². The Labute approximate surface area is 182 Å². The van der Waals surface area contributed by atoms with Crippen molar-refractivity contribution < 1.29 is 27.9 Å². The zero-order valence-corrected chi connectivity index (χ0v) is 19.3. The van der Waals surface area contributed by atoms with Crippen molar-refractivity contribution >= 4 is 33.2 Å². The van der Waals surface area contributed by atoms with Gasteiger partial charge in [-0.15, -0.1) is 11.3 Å². The molecule has 1 aliphatic rings. The van der Waals surface area contributed by atoms with Crippen LogP contribution >= 0.6 is 11.3 Å². The van der Waals surface area contributed by atoms with E-state index in [-0.39, 0.29) is 24.7 Å². The van der Waals surface area contributed by atoms with Gasteiger partial charge in [0.15, 0.2) is 0 Å². The van der Waals surface area contributed by atoms with E-state index in [9.17, 15) is 23.1 Å². The summed E-state index contributed by atoms with van der Waals surface area (Å²) < 4.78 is 30.0. The number of ether oxygens (including phenoxy) is 1. The number of nitrogens with one attached hydrogen (secondary N) is 1. The van der Waals surface area contributed by atoms with Crippen molar-refractivity contribution in [2.75, 3.05) is 19.4 Å². The minimum atomic E-state index is -3.60. The smallest absolute Gasteiger partial charge is 0.274 e. The monoisotopic (exact) mass is 460 g/mol. The number of hydrogen-bond donors (Lipinski definition) is 2. The highest BCUT2D eigenvalue weighted by molar-refractivity contribution is 7.89. The molecule has 10 heteroatoms. The Hall–Kier alpha value is -1.49. The number of carbonyl (C=O) groups is 2. The number of hydrogen-bond acceptors (Lipinski definition) is 7. The lowest BCUT2D eigenvalue weighted by Gasteiger charge is -2.25. The minimum absolute atomic E-state index is 0.00620. The van der Waals surface area contributed by atoms with Gasteiger partial charge in [-0.2, -0.15) is 0 Å². The number of rotatable bonds is 13. The van der Waals surface area contributed by atoms with E-state index in [0.29, 0.717) is 30.9 Å². The number of sulfonamides is 1. The van der Waals surface area contributed by atoms with Gasteiger partial charge in [-0.3, -0.25) is 9.59 Å². The van der Waals surface area contributed by atoms with E-state index >= 15 is 0 Å². The van der Waals surface area contributed by atoms with Crippen LogP contribution in [0, 0.1) is 0 Å². The summed E-state index contributed by atoms with van der Waals surface area (Å²) in [6, 6.07) is 3.29. The van der Waals surface area contributed by atoms with Crippen LogP contribution in [0.4, 0.5) is 0 Å². The molecule has 1 aromatic rings. The maximum absolute atomic E-state index is 12.2. The van der Waals surface area contributed by atoms with Crippen LogP contribution in [0.1, 0.15) is 66.4 Å². The fraction of sp³-hybridized carbons (Fsp3) is 0.700. The van der Waals surface area contributed by atoms with Crippen LogP contribution in [0.25, 0.3) is 0 Å². The number of aliphatic hydroxyl groups is 1. The van der Waals surface area contributed by atoms with Gasteiger partial charge < -0.3 is 14.7 Å². The lowest BCUT2D eigenvalue weighted by molar-refractivity contribution is -0.130. The SMILES string of the molecule is CCCCC[C@@H](O)CCN1C(=O)CC[C@@H]1COCc1ccc(C(=O)NS(C)(=O)=O)s1. The van der Waals surface area contributed by atoms with Crippen LogP contribution < -0.4 is 4.72 Å². The van der Waals surface area contributed by atoms with Crippen LogP contribution in [0.3, 0.4) is 0 Å². The molecular formula is C20H32N2O6S2. The number of thiophene rings is 1. The first-order valence-corrected chi connectivity index (χ1v) is 13.1. The van der Waals surface area contributed by atoms with Crippen LogP contribution in [-0.4, -0.2) is 61.8 Å². The Morgan fingerprint density at radius 3 is 2.83 bits per heavy atom. The van der Waals surface area contributed by atoms with E-state index in [2.05, 4.69) is 6.92 Å². The van der Waals surface area contributed by atoms with Crippen molar-refractivity contribution in [2.24, 2.45) is 0 Å². The van der Waals surface area contributed by atoms with Crippen LogP contribution in [-0.2, 0) is 26.2 Å². The molecule has 8 nitrogen and oxygen atoms in total. The fourth-order valence-corrected chi connectivity index (χ4v) is 4.78. The Balaban J connectivity index is 1.76. The molecule has 0 saturated carbocycles. The van der Waals surface area contributed by atoms with Gasteiger partial charge in [0.2, 0.25) is 15.9 Å². The number of nitrogens with zero attached hydrogens (tertiary/aromatic N) is 1. The molecule has 0 radical (unpaired) electrons. The van der Waals surface area contributed by atoms with Gasteiger partial charge in [0.25, 0.3) is 5.91 Å². The van der Waals surface area contributed by atoms with E-state index in [1.807, 2.05) is 9.62 Å². The highest BCUT2D eigenvalue weighted by Crippen LogP contribution is 2.22. The Kier molecular flexibility index (Phi) is 9.73. The van der Waals surface area contributed by atoms with Gasteiger partial charge in [0.05, 0.1) is 36.5 Å². The van der Waals surface area contributed by atoms with Crippen LogP contribution in [0.5, 0.6) is 0 Å². The first kappa shape index (κ1) is 24.8. The summed E-state index contributed by atoms with van der Waals surface area (Å²) in [5, 5.41) is 10.1. The third-order valence-electron chi connectivity index (χ3n) is 5.01. The normalized spacial score (nSPS) is 18.0. The lowest BCUT2D eigenvalue weighted by Crippen LogP contribution is -2.38. The third kappa shape index (κ3) is 8.33. The molecule has 1 saturated heterocycles. The van der Waals surface area contributed by atoms with E-state index in [1.54, 1.807) is 12.1 Å². The number of amides is 2. The molecule has 0 aliphatic carbocycles. The molecule has 1 fully saturated rings. The molecule has 2 heterocycles. The van der Waals surface area contributed by atoms with Crippen molar-refractivity contribution in [1.82, 2.24) is 9.62 Å². The quantitative estimate of drug-likeness (QED) is 0.437. The summed E-state index contributed by atoms with van der Waals surface area (Å²) >= 11 is 1.17. The Morgan fingerprint density at radius 1 is 1.37 bits per heavy atom. The summed E-state index contributed by atoms with van der Waals surface area (Å²) in [7, 11) is -3.60. The molecule has 0 unspecified atom stereocenters. The molecule has 0 aromatic carbocycles. The average Bonchev–Trinajstić information content (AvgIpc) is 3.26. The van der Waals surface area contributed by atoms with E-state index in [4.69, 9.17) is 4.74 Å². The zero-order chi connectivity index (χ0) is 22.1. The molecular weight excluding hydrogens is 428 g/mol. The van der Waals surface area contributed by atoms with Crippen molar-refractivity contribution in [3.05, 3.63) is 21.9 Å². The summed E-state index contributed by atoms with van der Waals surface area (Å²) in [5.74, 6) is -0.556. The molecule has 170 valence electrons. The van der Waals surface area contributed by atoms with Crippen molar-refractivity contribution in [1.29, 1.82) is 0 Å². The van der Waals surface area contributed by atoms with Gasteiger partial charge in [0, 0.05) is 17.8 Å². The Morgan fingerprint density at radius 2 is 2.13 bits per heavy atom. The second kappa shape index (κ2) is 11.8. The van der Waals surface area contributed by atoms with Crippen LogP contribution in [0.2, 0.25) is 0 Å². The second-order valence-electron chi connectivity index (χ2n) is 7.70. The van der Waals surface area contributed by atoms with Gasteiger partial charge in [-0.25, -0.2) is 13.1 Å². The molecule has 0 spiro atoms. The number of carbonyl (C=O) groups excluding carboxylic acids is 2. The van der Waals surface area contributed by atoms with Crippen LogP contribution in [0.15, 0.2) is 12.1 Å². The second-order valence-corrected chi connectivity index (χ2v) is 10.6. The highest BCUT2D eigenvalue weighted by Gasteiger charge is 2.31. The Bertz CT molecular complexity index is 808. The predicted molar refractivity (Wildman–Crippen MR) is 116 cm³/mol. The number of likely N-dealkylation sites (tertiary alicyclic amines) is 1. The number of aliphatic hydroxyl groups excluding tert-OH is 1. The molecule has 2 amide bonds. The molecule has 2 N–H and O–H groups in total. The first-order chi connectivity index (χ1) is 14.2. The number of unbranched alkanes of at least 4 members (excludes halogenated alkanes) is 2. The highest BCUT2D eigenvalue weighted by atomic mass is 32.2. The summed E-state index contributed by atoms with van der Waals surface area (Å²) in [6.07, 6.45) is 6.35. The van der Waals surface area contributed by atoms with Gasteiger partial charge in [-0.1, -0.05) is 26.2 Å². The third-order valence-corrected chi connectivity index (χ3v) is 6.63. The molecule has 2 atom stereocenters. The maximum Gasteiger partial charge on any atom is 0.274 e. The standard InChI is InChI=1S/C20H32N2O6S2/c1-3-4-5-6-16(23)11-12-22-15(7-10-19(22)24)13-28-14-17-8-9-18(29-17)20(25)21-30(2,26)27/h8-9,15-16,23H,3-7,10-14H2,1-2H3,(H,21,25)/t15-,16-/m1/s1. The largest absolute Gasteiger partial charge is 0.393 e. The maximum atomic E-state index is 12.2. The van der Waals surface area contributed by atoms with Crippen molar-refractivity contribution in [3.8, 4) is 0 Å². The molecule has 2 rings (SSSR count).